The molecule has 1 fully saturated rings. The van der Waals surface area contributed by atoms with E-state index in [1.54, 1.807) is 6.26 Å². The van der Waals surface area contributed by atoms with Crippen LogP contribution in [-0.2, 0) is 9.31 Å². The van der Waals surface area contributed by atoms with Gasteiger partial charge in [-0.1, -0.05) is 0 Å². The van der Waals surface area contributed by atoms with Crippen molar-refractivity contribution in [1.82, 2.24) is 0 Å². The third kappa shape index (κ3) is 1.51. The third-order valence-corrected chi connectivity index (χ3v) is 2.49. The van der Waals surface area contributed by atoms with E-state index in [0.29, 0.717) is 0 Å². The zero-order valence-corrected chi connectivity index (χ0v) is 8.11. The van der Waals surface area contributed by atoms with Crippen LogP contribution in [0.3, 0.4) is 0 Å². The molecule has 1 saturated heterocycles. The van der Waals surface area contributed by atoms with Crippen molar-refractivity contribution in [3.63, 3.8) is 0 Å². The van der Waals surface area contributed by atoms with E-state index in [1.165, 1.54) is 0 Å². The Morgan fingerprint density at radius 3 is 2.69 bits per heavy atom. The van der Waals surface area contributed by atoms with Crippen LogP contribution in [0.15, 0.2) is 22.8 Å². The van der Waals surface area contributed by atoms with Crippen LogP contribution in [0.5, 0.6) is 0 Å². The lowest BCUT2D eigenvalue weighted by molar-refractivity contribution is 0.0841. The largest absolute Gasteiger partial charge is 0.532 e. The van der Waals surface area contributed by atoms with Crippen LogP contribution in [0.1, 0.15) is 20.8 Å². The Morgan fingerprint density at radius 1 is 1.46 bits per heavy atom. The van der Waals surface area contributed by atoms with Gasteiger partial charge in [0.1, 0.15) is 5.66 Å². The molecule has 0 aromatic carbocycles. The first-order valence-electron chi connectivity index (χ1n) is 4.46. The van der Waals surface area contributed by atoms with Gasteiger partial charge in [-0.3, -0.25) is 0 Å². The molecule has 3 nitrogen and oxygen atoms in total. The van der Waals surface area contributed by atoms with Gasteiger partial charge in [-0.25, -0.2) is 0 Å². The number of rotatable bonds is 1. The van der Waals surface area contributed by atoms with E-state index in [2.05, 4.69) is 0 Å². The molecule has 0 saturated carbocycles. The highest BCUT2D eigenvalue weighted by Crippen LogP contribution is 2.26. The predicted octanol–water partition coefficient (Wildman–Crippen LogP) is 1.19. The van der Waals surface area contributed by atoms with Gasteiger partial charge >= 0.3 is 7.12 Å². The van der Waals surface area contributed by atoms with E-state index < -0.39 is 0 Å². The maximum absolute atomic E-state index is 5.69. The Balaban J connectivity index is 2.15. The molecule has 0 spiro atoms. The summed E-state index contributed by atoms with van der Waals surface area (Å²) in [5.41, 5.74) is 0.495. The quantitative estimate of drug-likeness (QED) is 0.608. The van der Waals surface area contributed by atoms with E-state index in [4.69, 9.17) is 13.7 Å². The minimum absolute atomic E-state index is 0.0857. The van der Waals surface area contributed by atoms with Gasteiger partial charge in [-0.2, -0.15) is 0 Å². The summed E-state index contributed by atoms with van der Waals surface area (Å²) in [7, 11) is -0.347. The Hall–Kier alpha value is -0.735. The first-order chi connectivity index (χ1) is 6.09. The summed E-state index contributed by atoms with van der Waals surface area (Å²) in [6, 6.07) is 3.69. The monoisotopic (exact) mass is 180 g/mol. The van der Waals surface area contributed by atoms with Gasteiger partial charge in [0.25, 0.3) is 0 Å². The Morgan fingerprint density at radius 2 is 2.23 bits per heavy atom. The normalized spacial score (nSPS) is 26.7. The van der Waals surface area contributed by atoms with E-state index in [-0.39, 0.29) is 18.8 Å². The second-order valence-corrected chi connectivity index (χ2v) is 3.85. The molecule has 70 valence electrons. The highest BCUT2D eigenvalue weighted by Gasteiger charge is 2.45. The highest BCUT2D eigenvalue weighted by atomic mass is 16.7. The molecule has 0 bridgehead atoms. The second-order valence-electron chi connectivity index (χ2n) is 3.85. The minimum atomic E-state index is -0.347. The zero-order valence-electron chi connectivity index (χ0n) is 8.11. The molecule has 0 N–H and O–H groups in total. The maximum atomic E-state index is 5.69. The van der Waals surface area contributed by atoms with Crippen molar-refractivity contribution >= 4 is 12.8 Å². The Kier molecular flexibility index (Phi) is 1.97. The van der Waals surface area contributed by atoms with Crippen molar-refractivity contribution in [3.05, 3.63) is 18.4 Å². The van der Waals surface area contributed by atoms with E-state index >= 15 is 0 Å². The first-order valence-corrected chi connectivity index (χ1v) is 4.46. The predicted molar refractivity (Wildman–Crippen MR) is 49.8 cm³/mol. The minimum Gasteiger partial charge on any atom is -0.473 e. The molecule has 2 heterocycles. The lowest BCUT2D eigenvalue weighted by Gasteiger charge is -2.21. The molecule has 0 aliphatic carbocycles. The summed E-state index contributed by atoms with van der Waals surface area (Å²) in [6.07, 6.45) is 1.71. The summed E-state index contributed by atoms with van der Waals surface area (Å²) in [5.74, 6) is 0. The molecule has 1 aromatic heterocycles. The van der Waals surface area contributed by atoms with Crippen molar-refractivity contribution < 1.29 is 13.7 Å². The zero-order chi connectivity index (χ0) is 9.47. The van der Waals surface area contributed by atoms with Crippen molar-refractivity contribution in [2.24, 2.45) is 0 Å². The van der Waals surface area contributed by atoms with Crippen molar-refractivity contribution in [3.8, 4) is 0 Å². The molecule has 1 aliphatic heterocycles. The standard InChI is InChI=1S/C9H13BO3/c1-7-9(2,3)13-10(12-7)8-5-4-6-11-8/h4-7H,1-3H3. The van der Waals surface area contributed by atoms with E-state index in [1.807, 2.05) is 32.9 Å². The number of hydrogen-bond donors (Lipinski definition) is 0. The molecule has 1 aromatic rings. The SMILES string of the molecule is CC1OB(c2ccco2)OC1(C)C. The van der Waals surface area contributed by atoms with Crippen molar-refractivity contribution in [1.29, 1.82) is 0 Å². The van der Waals surface area contributed by atoms with Crippen LogP contribution < -0.4 is 5.66 Å². The maximum Gasteiger partial charge on any atom is 0.532 e. The summed E-state index contributed by atoms with van der Waals surface area (Å²) in [5, 5.41) is 0. The third-order valence-electron chi connectivity index (χ3n) is 2.49. The Labute approximate surface area is 78.2 Å². The average Bonchev–Trinajstić information content (AvgIpc) is 2.60. The molecular weight excluding hydrogens is 167 g/mol. The molecule has 1 aliphatic rings. The molecule has 0 amide bonds. The van der Waals surface area contributed by atoms with E-state index in [9.17, 15) is 0 Å². The summed E-state index contributed by atoms with van der Waals surface area (Å²) in [6.45, 7) is 6.03. The van der Waals surface area contributed by atoms with Crippen LogP contribution in [0, 0.1) is 0 Å². The summed E-state index contributed by atoms with van der Waals surface area (Å²) >= 11 is 0. The highest BCUT2D eigenvalue weighted by molar-refractivity contribution is 6.60. The van der Waals surface area contributed by atoms with Crippen LogP contribution in [-0.4, -0.2) is 18.8 Å². The Bertz CT molecular complexity index is 281. The molecular formula is C9H13BO3. The number of furan rings is 1. The average molecular weight is 180 g/mol. The molecule has 1 unspecified atom stereocenters. The topological polar surface area (TPSA) is 31.6 Å². The van der Waals surface area contributed by atoms with Crippen LogP contribution in [0.2, 0.25) is 0 Å². The smallest absolute Gasteiger partial charge is 0.473 e. The number of hydrogen-bond acceptors (Lipinski definition) is 3. The molecule has 4 heteroatoms. The molecule has 2 rings (SSSR count). The molecule has 1 atom stereocenters. The fraction of sp³-hybridized carbons (Fsp3) is 0.556. The fourth-order valence-electron chi connectivity index (χ4n) is 1.30. The molecule has 13 heavy (non-hydrogen) atoms. The van der Waals surface area contributed by atoms with E-state index in [0.717, 1.165) is 5.66 Å². The van der Waals surface area contributed by atoms with Crippen LogP contribution >= 0.6 is 0 Å². The van der Waals surface area contributed by atoms with Gasteiger partial charge in [0, 0.05) is 0 Å². The van der Waals surface area contributed by atoms with Gasteiger partial charge in [0.15, 0.2) is 0 Å². The first kappa shape index (κ1) is 8.85. The van der Waals surface area contributed by atoms with Crippen LogP contribution in [0.4, 0.5) is 0 Å². The van der Waals surface area contributed by atoms with Gasteiger partial charge in [0.2, 0.25) is 0 Å². The van der Waals surface area contributed by atoms with Gasteiger partial charge < -0.3 is 13.7 Å². The lowest BCUT2D eigenvalue weighted by atomic mass is 9.86. The lowest BCUT2D eigenvalue weighted by Crippen LogP contribution is -2.33. The van der Waals surface area contributed by atoms with Crippen molar-refractivity contribution in [2.45, 2.75) is 32.5 Å². The van der Waals surface area contributed by atoms with Gasteiger partial charge in [-0.15, -0.1) is 0 Å². The second kappa shape index (κ2) is 2.89. The van der Waals surface area contributed by atoms with Gasteiger partial charge in [0.05, 0.1) is 18.0 Å². The van der Waals surface area contributed by atoms with Crippen molar-refractivity contribution in [2.75, 3.05) is 0 Å². The fourth-order valence-corrected chi connectivity index (χ4v) is 1.30. The van der Waals surface area contributed by atoms with Gasteiger partial charge in [-0.05, 0) is 32.9 Å². The van der Waals surface area contributed by atoms with Crippen LogP contribution in [0.25, 0.3) is 0 Å². The molecule has 0 radical (unpaired) electrons. The summed E-state index contributed by atoms with van der Waals surface area (Å²) in [4.78, 5) is 0. The summed E-state index contributed by atoms with van der Waals surface area (Å²) < 4.78 is 16.5.